The topological polar surface area (TPSA) is 60.2 Å². The van der Waals surface area contributed by atoms with Crippen molar-refractivity contribution in [2.24, 2.45) is 0 Å². The fraction of sp³-hybridized carbons (Fsp3) is 0.400. The quantitative estimate of drug-likeness (QED) is 0.808. The summed E-state index contributed by atoms with van der Waals surface area (Å²) in [6, 6.07) is 1.97. The lowest BCUT2D eigenvalue weighted by atomic mass is 10.4. The molecule has 8 heteroatoms. The Hall–Kier alpha value is -0.470. The van der Waals surface area contributed by atoms with Gasteiger partial charge in [-0.1, -0.05) is 5.16 Å². The van der Waals surface area contributed by atoms with Crippen molar-refractivity contribution in [2.45, 2.75) is 6.54 Å². The summed E-state index contributed by atoms with van der Waals surface area (Å²) in [6.45, 7) is 1.99. The lowest BCUT2D eigenvalue weighted by Gasteiger charge is -1.98. The first-order chi connectivity index (χ1) is 8.29. The Kier molecular flexibility index (Phi) is 6.80. The second-order valence-electron chi connectivity index (χ2n) is 3.31. The first-order valence-corrected chi connectivity index (χ1v) is 6.73. The van der Waals surface area contributed by atoms with Gasteiger partial charge in [-0.3, -0.25) is 0 Å². The van der Waals surface area contributed by atoms with Crippen LogP contribution in [0.5, 0.6) is 0 Å². The van der Waals surface area contributed by atoms with E-state index in [1.54, 1.807) is 18.4 Å². The van der Waals surface area contributed by atoms with E-state index in [4.69, 9.17) is 9.26 Å². The fourth-order valence-electron chi connectivity index (χ4n) is 1.23. The highest BCUT2D eigenvalue weighted by Gasteiger charge is 2.09. The van der Waals surface area contributed by atoms with Gasteiger partial charge in [0.25, 0.3) is 0 Å². The highest BCUT2D eigenvalue weighted by Crippen LogP contribution is 2.27. The smallest absolute Gasteiger partial charge is 0.240 e. The van der Waals surface area contributed by atoms with Gasteiger partial charge >= 0.3 is 0 Å². The molecule has 2 aromatic rings. The number of hydrogen-bond acceptors (Lipinski definition) is 6. The van der Waals surface area contributed by atoms with E-state index in [0.717, 1.165) is 15.9 Å². The van der Waals surface area contributed by atoms with Crippen LogP contribution in [0.3, 0.4) is 0 Å². The van der Waals surface area contributed by atoms with Gasteiger partial charge in [0.1, 0.15) is 0 Å². The lowest BCUT2D eigenvalue weighted by Crippen LogP contribution is -2.18. The summed E-state index contributed by atoms with van der Waals surface area (Å²) in [7, 11) is 1.67. The Morgan fingerprint density at radius 2 is 2.39 bits per heavy atom. The van der Waals surface area contributed by atoms with Crippen LogP contribution in [-0.2, 0) is 11.3 Å². The van der Waals surface area contributed by atoms with Crippen LogP contribution in [-0.4, -0.2) is 30.4 Å². The van der Waals surface area contributed by atoms with E-state index in [1.807, 2.05) is 11.4 Å². The van der Waals surface area contributed by atoms with Crippen LogP contribution < -0.4 is 5.32 Å². The third-order valence-corrected chi connectivity index (χ3v) is 3.70. The number of thiophene rings is 1. The summed E-state index contributed by atoms with van der Waals surface area (Å²) in [5, 5.41) is 9.06. The number of rotatable bonds is 6. The molecule has 0 bridgehead atoms. The minimum atomic E-state index is 0. The molecule has 2 rings (SSSR count). The molecule has 100 valence electrons. The SMILES string of the molecule is COCCNCc1nc(-c2cc(Br)cs2)no1.Cl. The molecule has 0 aliphatic carbocycles. The normalized spacial score (nSPS) is 10.3. The predicted octanol–water partition coefficient (Wildman–Crippen LogP) is 2.72. The Morgan fingerprint density at radius 3 is 3.06 bits per heavy atom. The van der Waals surface area contributed by atoms with Crippen molar-refractivity contribution in [3.05, 3.63) is 21.8 Å². The number of nitrogens with one attached hydrogen (secondary N) is 1. The molecule has 0 spiro atoms. The minimum Gasteiger partial charge on any atom is -0.383 e. The molecule has 0 fully saturated rings. The second-order valence-corrected chi connectivity index (χ2v) is 5.14. The number of halogens is 2. The lowest BCUT2D eigenvalue weighted by molar-refractivity contribution is 0.197. The van der Waals surface area contributed by atoms with Crippen LogP contribution in [0.4, 0.5) is 0 Å². The Labute approximate surface area is 123 Å². The van der Waals surface area contributed by atoms with Crippen molar-refractivity contribution in [1.82, 2.24) is 15.5 Å². The molecule has 0 saturated heterocycles. The molecular formula is C10H13BrClN3O2S. The highest BCUT2D eigenvalue weighted by atomic mass is 79.9. The molecule has 1 N–H and O–H groups in total. The maximum absolute atomic E-state index is 5.14. The molecule has 0 aliphatic heterocycles. The molecule has 2 aromatic heterocycles. The van der Waals surface area contributed by atoms with Crippen molar-refractivity contribution in [2.75, 3.05) is 20.3 Å². The summed E-state index contributed by atoms with van der Waals surface area (Å²) < 4.78 is 11.1. The molecule has 2 heterocycles. The van der Waals surface area contributed by atoms with Crippen LogP contribution in [0, 0.1) is 0 Å². The monoisotopic (exact) mass is 353 g/mol. The molecule has 5 nitrogen and oxygen atoms in total. The van der Waals surface area contributed by atoms with Gasteiger partial charge in [0.2, 0.25) is 11.7 Å². The summed E-state index contributed by atoms with van der Waals surface area (Å²) in [4.78, 5) is 5.29. The van der Waals surface area contributed by atoms with E-state index in [1.165, 1.54) is 0 Å². The molecule has 0 atom stereocenters. The van der Waals surface area contributed by atoms with Crippen molar-refractivity contribution in [3.63, 3.8) is 0 Å². The number of ether oxygens (including phenoxy) is 1. The first kappa shape index (κ1) is 15.6. The highest BCUT2D eigenvalue weighted by molar-refractivity contribution is 9.10. The van der Waals surface area contributed by atoms with Gasteiger partial charge in [-0.05, 0) is 22.0 Å². The van der Waals surface area contributed by atoms with Gasteiger partial charge in [0, 0.05) is 23.5 Å². The molecule has 0 aromatic carbocycles. The van der Waals surface area contributed by atoms with Crippen LogP contribution >= 0.6 is 39.7 Å². The maximum atomic E-state index is 5.14. The van der Waals surface area contributed by atoms with Gasteiger partial charge in [0.05, 0.1) is 18.0 Å². The number of aromatic nitrogens is 2. The minimum absolute atomic E-state index is 0. The average molecular weight is 355 g/mol. The zero-order valence-corrected chi connectivity index (χ0v) is 12.9. The van der Waals surface area contributed by atoms with Gasteiger partial charge in [-0.15, -0.1) is 23.7 Å². The van der Waals surface area contributed by atoms with E-state index < -0.39 is 0 Å². The number of hydrogen-bond donors (Lipinski definition) is 1. The van der Waals surface area contributed by atoms with Crippen molar-refractivity contribution >= 4 is 39.7 Å². The van der Waals surface area contributed by atoms with E-state index in [9.17, 15) is 0 Å². The number of methoxy groups -OCH3 is 1. The fourth-order valence-corrected chi connectivity index (χ4v) is 2.58. The van der Waals surface area contributed by atoms with Gasteiger partial charge < -0.3 is 14.6 Å². The number of nitrogens with zero attached hydrogens (tertiary/aromatic N) is 2. The third kappa shape index (κ3) is 4.33. The van der Waals surface area contributed by atoms with Gasteiger partial charge in [-0.2, -0.15) is 4.98 Å². The largest absolute Gasteiger partial charge is 0.383 e. The molecule has 0 saturated carbocycles. The summed E-state index contributed by atoms with van der Waals surface area (Å²) in [5.74, 6) is 1.21. The summed E-state index contributed by atoms with van der Waals surface area (Å²) >= 11 is 4.97. The van der Waals surface area contributed by atoms with Crippen molar-refractivity contribution in [3.8, 4) is 10.7 Å². The Bertz CT molecular complexity index is 477. The van der Waals surface area contributed by atoms with E-state index >= 15 is 0 Å². The molecule has 0 aliphatic rings. The van der Waals surface area contributed by atoms with E-state index in [2.05, 4.69) is 31.4 Å². The predicted molar refractivity (Wildman–Crippen MR) is 76.1 cm³/mol. The summed E-state index contributed by atoms with van der Waals surface area (Å²) in [5.41, 5.74) is 0. The van der Waals surface area contributed by atoms with Crippen LogP contribution in [0.15, 0.2) is 20.4 Å². The molecule has 0 radical (unpaired) electrons. The van der Waals surface area contributed by atoms with E-state index in [-0.39, 0.29) is 12.4 Å². The van der Waals surface area contributed by atoms with Crippen molar-refractivity contribution < 1.29 is 9.26 Å². The maximum Gasteiger partial charge on any atom is 0.240 e. The molecule has 0 amide bonds. The summed E-state index contributed by atoms with van der Waals surface area (Å²) in [6.07, 6.45) is 0. The second kappa shape index (κ2) is 7.85. The van der Waals surface area contributed by atoms with Crippen LogP contribution in [0.1, 0.15) is 5.89 Å². The zero-order chi connectivity index (χ0) is 12.1. The first-order valence-electron chi connectivity index (χ1n) is 5.06. The van der Waals surface area contributed by atoms with Gasteiger partial charge in [0.15, 0.2) is 0 Å². The third-order valence-electron chi connectivity index (χ3n) is 2.02. The van der Waals surface area contributed by atoms with Crippen LogP contribution in [0.2, 0.25) is 0 Å². The Balaban J connectivity index is 0.00000162. The van der Waals surface area contributed by atoms with E-state index in [0.29, 0.717) is 24.9 Å². The van der Waals surface area contributed by atoms with Gasteiger partial charge in [-0.25, -0.2) is 0 Å². The zero-order valence-electron chi connectivity index (χ0n) is 9.68. The van der Waals surface area contributed by atoms with Crippen LogP contribution in [0.25, 0.3) is 10.7 Å². The molecular weight excluding hydrogens is 342 g/mol. The average Bonchev–Trinajstić information content (AvgIpc) is 2.93. The molecule has 18 heavy (non-hydrogen) atoms. The van der Waals surface area contributed by atoms with Crippen molar-refractivity contribution in [1.29, 1.82) is 0 Å². The molecule has 0 unspecified atom stereocenters. The standard InChI is InChI=1S/C10H12BrN3O2S.ClH/c1-15-3-2-12-5-9-13-10(14-16-9)8-4-7(11)6-17-8;/h4,6,12H,2-3,5H2,1H3;1H. The Morgan fingerprint density at radius 1 is 1.56 bits per heavy atom.